The van der Waals surface area contributed by atoms with Crippen LogP contribution in [0.4, 0.5) is 0 Å². The SMILES string of the molecule is C=CC(=O)NC(CC)c1cc(C)c(OCC2CO2)c(C)c1. The molecule has 21 heavy (non-hydrogen) atoms. The second-order valence-corrected chi connectivity index (χ2v) is 5.42. The van der Waals surface area contributed by atoms with E-state index < -0.39 is 0 Å². The molecule has 1 aliphatic heterocycles. The predicted molar refractivity (Wildman–Crippen MR) is 82.5 cm³/mol. The largest absolute Gasteiger partial charge is 0.490 e. The summed E-state index contributed by atoms with van der Waals surface area (Å²) in [5.74, 6) is 0.766. The smallest absolute Gasteiger partial charge is 0.243 e. The molecule has 4 nitrogen and oxygen atoms in total. The first-order chi connectivity index (χ1) is 10.0. The van der Waals surface area contributed by atoms with E-state index in [0.29, 0.717) is 6.61 Å². The van der Waals surface area contributed by atoms with Gasteiger partial charge in [-0.15, -0.1) is 0 Å². The van der Waals surface area contributed by atoms with Crippen LogP contribution in [0.2, 0.25) is 0 Å². The third-order valence-corrected chi connectivity index (χ3v) is 3.61. The van der Waals surface area contributed by atoms with E-state index in [-0.39, 0.29) is 18.1 Å². The normalized spacial score (nSPS) is 18.0. The van der Waals surface area contributed by atoms with Crippen LogP contribution in [0, 0.1) is 13.8 Å². The van der Waals surface area contributed by atoms with Gasteiger partial charge in [0.15, 0.2) is 0 Å². The zero-order valence-electron chi connectivity index (χ0n) is 12.9. The van der Waals surface area contributed by atoms with Gasteiger partial charge in [-0.2, -0.15) is 0 Å². The average Bonchev–Trinajstić information content (AvgIpc) is 3.27. The van der Waals surface area contributed by atoms with Gasteiger partial charge in [0.05, 0.1) is 12.6 Å². The molecule has 2 atom stereocenters. The van der Waals surface area contributed by atoms with E-state index in [1.54, 1.807) is 0 Å². The minimum atomic E-state index is -0.150. The summed E-state index contributed by atoms with van der Waals surface area (Å²) >= 11 is 0. The van der Waals surface area contributed by atoms with Crippen molar-refractivity contribution in [2.45, 2.75) is 39.3 Å². The Morgan fingerprint density at radius 3 is 2.62 bits per heavy atom. The Hall–Kier alpha value is -1.81. The van der Waals surface area contributed by atoms with Crippen LogP contribution in [0.3, 0.4) is 0 Å². The van der Waals surface area contributed by atoms with Gasteiger partial charge in [0.1, 0.15) is 18.5 Å². The number of ether oxygens (including phenoxy) is 2. The Labute approximate surface area is 126 Å². The van der Waals surface area contributed by atoms with Crippen LogP contribution in [0.25, 0.3) is 0 Å². The Balaban J connectivity index is 2.15. The van der Waals surface area contributed by atoms with Crippen molar-refractivity contribution in [2.24, 2.45) is 0 Å². The molecule has 1 heterocycles. The van der Waals surface area contributed by atoms with Gasteiger partial charge in [-0.05, 0) is 43.0 Å². The zero-order chi connectivity index (χ0) is 15.4. The van der Waals surface area contributed by atoms with Gasteiger partial charge in [-0.25, -0.2) is 0 Å². The summed E-state index contributed by atoms with van der Waals surface area (Å²) in [6, 6.07) is 4.15. The standard InChI is InChI=1S/C17H23NO3/c1-5-15(18-16(19)6-2)13-7-11(3)17(12(4)8-13)21-10-14-9-20-14/h6-8,14-15H,2,5,9-10H2,1,3-4H3,(H,18,19). The summed E-state index contributed by atoms with van der Waals surface area (Å²) in [5.41, 5.74) is 3.26. The Morgan fingerprint density at radius 2 is 2.14 bits per heavy atom. The lowest BCUT2D eigenvalue weighted by Crippen LogP contribution is -2.26. The summed E-state index contributed by atoms with van der Waals surface area (Å²) in [6.07, 6.45) is 2.38. The molecule has 0 aromatic heterocycles. The van der Waals surface area contributed by atoms with E-state index in [0.717, 1.165) is 35.5 Å². The van der Waals surface area contributed by atoms with Crippen molar-refractivity contribution in [3.8, 4) is 5.75 Å². The van der Waals surface area contributed by atoms with Gasteiger partial charge in [0.2, 0.25) is 5.91 Å². The third kappa shape index (κ3) is 4.08. The molecule has 0 aliphatic carbocycles. The maximum atomic E-state index is 11.5. The number of rotatable bonds is 7. The molecule has 114 valence electrons. The van der Waals surface area contributed by atoms with Crippen LogP contribution in [-0.2, 0) is 9.53 Å². The summed E-state index contributed by atoms with van der Waals surface area (Å²) in [7, 11) is 0. The topological polar surface area (TPSA) is 50.9 Å². The molecule has 4 heteroatoms. The van der Waals surface area contributed by atoms with Crippen LogP contribution < -0.4 is 10.1 Å². The van der Waals surface area contributed by atoms with Crippen LogP contribution in [0.1, 0.15) is 36.1 Å². The monoisotopic (exact) mass is 289 g/mol. The van der Waals surface area contributed by atoms with Gasteiger partial charge < -0.3 is 14.8 Å². The number of carbonyl (C=O) groups excluding carboxylic acids is 1. The van der Waals surface area contributed by atoms with Crippen molar-refractivity contribution < 1.29 is 14.3 Å². The number of hydrogen-bond donors (Lipinski definition) is 1. The summed E-state index contributed by atoms with van der Waals surface area (Å²) in [6.45, 7) is 11.0. The second kappa shape index (κ2) is 6.76. The van der Waals surface area contributed by atoms with Gasteiger partial charge >= 0.3 is 0 Å². The Morgan fingerprint density at radius 1 is 1.52 bits per heavy atom. The highest BCUT2D eigenvalue weighted by Crippen LogP contribution is 2.29. The number of aryl methyl sites for hydroxylation is 2. The van der Waals surface area contributed by atoms with Crippen molar-refractivity contribution in [1.29, 1.82) is 0 Å². The van der Waals surface area contributed by atoms with E-state index in [1.807, 2.05) is 20.8 Å². The molecule has 1 aromatic rings. The van der Waals surface area contributed by atoms with Crippen molar-refractivity contribution in [1.82, 2.24) is 5.32 Å². The van der Waals surface area contributed by atoms with Crippen molar-refractivity contribution in [3.05, 3.63) is 41.5 Å². The summed E-state index contributed by atoms with van der Waals surface area (Å²) in [4.78, 5) is 11.5. The Kier molecular flexibility index (Phi) is 5.02. The summed E-state index contributed by atoms with van der Waals surface area (Å²) in [5, 5.41) is 2.95. The predicted octanol–water partition coefficient (Wildman–Crippen LogP) is 2.83. The number of epoxide rings is 1. The van der Waals surface area contributed by atoms with Gasteiger partial charge in [-0.3, -0.25) is 4.79 Å². The molecular weight excluding hydrogens is 266 g/mol. The first kappa shape index (κ1) is 15.6. The molecule has 0 radical (unpaired) electrons. The fraction of sp³-hybridized carbons (Fsp3) is 0.471. The highest BCUT2D eigenvalue weighted by Gasteiger charge is 2.24. The van der Waals surface area contributed by atoms with Crippen LogP contribution in [-0.4, -0.2) is 25.2 Å². The molecule has 1 saturated heterocycles. The fourth-order valence-corrected chi connectivity index (χ4v) is 2.40. The molecule has 1 amide bonds. The van der Waals surface area contributed by atoms with Crippen molar-refractivity contribution in [2.75, 3.05) is 13.2 Å². The minimum absolute atomic E-state index is 0.00582. The minimum Gasteiger partial charge on any atom is -0.490 e. The molecule has 0 saturated carbocycles. The Bertz CT molecular complexity index is 512. The molecule has 1 aromatic carbocycles. The lowest BCUT2D eigenvalue weighted by atomic mass is 9.98. The number of amides is 1. The number of hydrogen-bond acceptors (Lipinski definition) is 3. The van der Waals surface area contributed by atoms with Gasteiger partial charge in [0.25, 0.3) is 0 Å². The molecule has 0 bridgehead atoms. The van der Waals surface area contributed by atoms with E-state index in [2.05, 4.69) is 24.0 Å². The van der Waals surface area contributed by atoms with Gasteiger partial charge in [0, 0.05) is 0 Å². The maximum absolute atomic E-state index is 11.5. The first-order valence-corrected chi connectivity index (χ1v) is 7.33. The number of nitrogens with one attached hydrogen (secondary N) is 1. The second-order valence-electron chi connectivity index (χ2n) is 5.42. The van der Waals surface area contributed by atoms with E-state index in [4.69, 9.17) is 9.47 Å². The highest BCUT2D eigenvalue weighted by atomic mass is 16.6. The molecular formula is C17H23NO3. The van der Waals surface area contributed by atoms with Crippen molar-refractivity contribution in [3.63, 3.8) is 0 Å². The first-order valence-electron chi connectivity index (χ1n) is 7.33. The third-order valence-electron chi connectivity index (χ3n) is 3.61. The lowest BCUT2D eigenvalue weighted by molar-refractivity contribution is -0.117. The van der Waals surface area contributed by atoms with E-state index in [9.17, 15) is 4.79 Å². The van der Waals surface area contributed by atoms with E-state index in [1.165, 1.54) is 6.08 Å². The van der Waals surface area contributed by atoms with Crippen molar-refractivity contribution >= 4 is 5.91 Å². The van der Waals surface area contributed by atoms with Gasteiger partial charge in [-0.1, -0.05) is 25.6 Å². The zero-order valence-corrected chi connectivity index (χ0v) is 12.9. The number of carbonyl (C=O) groups is 1. The van der Waals surface area contributed by atoms with Crippen LogP contribution in [0.15, 0.2) is 24.8 Å². The molecule has 2 unspecified atom stereocenters. The molecule has 1 aliphatic rings. The summed E-state index contributed by atoms with van der Waals surface area (Å²) < 4.78 is 11.0. The molecule has 1 N–H and O–H groups in total. The molecule has 0 spiro atoms. The molecule has 2 rings (SSSR count). The average molecular weight is 289 g/mol. The maximum Gasteiger partial charge on any atom is 0.243 e. The quantitative estimate of drug-likeness (QED) is 0.620. The molecule has 1 fully saturated rings. The fourth-order valence-electron chi connectivity index (χ4n) is 2.40. The van der Waals surface area contributed by atoms with E-state index >= 15 is 0 Å². The number of benzene rings is 1. The van der Waals surface area contributed by atoms with Crippen LogP contribution >= 0.6 is 0 Å². The highest BCUT2D eigenvalue weighted by molar-refractivity contribution is 5.87. The lowest BCUT2D eigenvalue weighted by Gasteiger charge is -2.20. The van der Waals surface area contributed by atoms with Crippen LogP contribution in [0.5, 0.6) is 5.75 Å².